The first-order valence-electron chi connectivity index (χ1n) is 5.39. The number of nitriles is 1. The molecule has 0 radical (unpaired) electrons. The Morgan fingerprint density at radius 1 is 1.47 bits per heavy atom. The van der Waals surface area contributed by atoms with Crippen molar-refractivity contribution in [3.63, 3.8) is 0 Å². The molecule has 19 heavy (non-hydrogen) atoms. The summed E-state index contributed by atoms with van der Waals surface area (Å²) in [5.41, 5.74) is -1.25. The summed E-state index contributed by atoms with van der Waals surface area (Å²) >= 11 is 0. The summed E-state index contributed by atoms with van der Waals surface area (Å²) in [5, 5.41) is 11.3. The molecule has 1 rings (SSSR count). The van der Waals surface area contributed by atoms with Crippen LogP contribution in [0.2, 0.25) is 0 Å². The smallest absolute Gasteiger partial charge is 0.417 e. The van der Waals surface area contributed by atoms with Crippen molar-refractivity contribution in [1.29, 1.82) is 5.26 Å². The fraction of sp³-hybridized carbons (Fsp3) is 0.333. The van der Waals surface area contributed by atoms with E-state index >= 15 is 0 Å². The van der Waals surface area contributed by atoms with E-state index in [2.05, 4.69) is 10.1 Å². The first-order chi connectivity index (χ1) is 8.88. The second-order valence-electron chi connectivity index (χ2n) is 3.53. The second-order valence-corrected chi connectivity index (χ2v) is 3.53. The zero-order chi connectivity index (χ0) is 14.5. The number of hydrogen-bond acceptors (Lipinski definition) is 4. The summed E-state index contributed by atoms with van der Waals surface area (Å²) < 4.78 is 42.3. The molecule has 1 N–H and O–H groups in total. The molecule has 0 aliphatic rings. The molecule has 1 aromatic carbocycles. The number of anilines is 1. The predicted octanol–water partition coefficient (Wildman–Crippen LogP) is 2.55. The molecule has 0 atom stereocenters. The number of benzene rings is 1. The normalized spacial score (nSPS) is 10.7. The van der Waals surface area contributed by atoms with E-state index in [1.54, 1.807) is 6.92 Å². The van der Waals surface area contributed by atoms with Gasteiger partial charge in [-0.15, -0.1) is 0 Å². The van der Waals surface area contributed by atoms with Gasteiger partial charge in [-0.05, 0) is 25.1 Å². The zero-order valence-corrected chi connectivity index (χ0v) is 10.0. The number of hydrogen-bond donors (Lipinski definition) is 1. The van der Waals surface area contributed by atoms with E-state index < -0.39 is 23.3 Å². The standard InChI is InChI=1S/C12H11F3N2O2/c1-2-19-11(18)7-17-9-3-4-10(12(13,14)15)8(5-9)6-16/h3-5,17H,2,7H2,1H3. The van der Waals surface area contributed by atoms with Crippen molar-refractivity contribution in [2.45, 2.75) is 13.1 Å². The molecule has 0 aromatic heterocycles. The van der Waals surface area contributed by atoms with Crippen LogP contribution in [0.15, 0.2) is 18.2 Å². The Bertz CT molecular complexity index is 507. The number of esters is 1. The minimum absolute atomic E-state index is 0.177. The van der Waals surface area contributed by atoms with Crippen molar-refractivity contribution in [2.24, 2.45) is 0 Å². The van der Waals surface area contributed by atoms with Gasteiger partial charge in [0.15, 0.2) is 0 Å². The van der Waals surface area contributed by atoms with Gasteiger partial charge in [0.2, 0.25) is 0 Å². The molecule has 1 aromatic rings. The van der Waals surface area contributed by atoms with Crippen LogP contribution in [0.5, 0.6) is 0 Å². The van der Waals surface area contributed by atoms with Crippen molar-refractivity contribution in [3.8, 4) is 6.07 Å². The van der Waals surface area contributed by atoms with Crippen LogP contribution in [0.4, 0.5) is 18.9 Å². The van der Waals surface area contributed by atoms with E-state index in [9.17, 15) is 18.0 Å². The van der Waals surface area contributed by atoms with E-state index in [0.29, 0.717) is 0 Å². The van der Waals surface area contributed by atoms with Crippen LogP contribution < -0.4 is 5.32 Å². The highest BCUT2D eigenvalue weighted by Gasteiger charge is 2.33. The molecule has 0 saturated heterocycles. The van der Waals surface area contributed by atoms with Gasteiger partial charge in [-0.25, -0.2) is 0 Å². The van der Waals surface area contributed by atoms with Crippen molar-refractivity contribution in [1.82, 2.24) is 0 Å². The zero-order valence-electron chi connectivity index (χ0n) is 10.0. The van der Waals surface area contributed by atoms with Crippen LogP contribution in [0.25, 0.3) is 0 Å². The van der Waals surface area contributed by atoms with Crippen molar-refractivity contribution in [3.05, 3.63) is 29.3 Å². The third-order valence-corrected chi connectivity index (χ3v) is 2.19. The van der Waals surface area contributed by atoms with Crippen LogP contribution in [-0.4, -0.2) is 19.1 Å². The molecule has 0 amide bonds. The predicted molar refractivity (Wildman–Crippen MR) is 61.3 cm³/mol. The van der Waals surface area contributed by atoms with Gasteiger partial charge in [0, 0.05) is 5.69 Å². The van der Waals surface area contributed by atoms with Crippen LogP contribution in [0.3, 0.4) is 0 Å². The summed E-state index contributed by atoms with van der Waals surface area (Å²) in [4.78, 5) is 11.1. The Hall–Kier alpha value is -2.23. The third kappa shape index (κ3) is 4.17. The lowest BCUT2D eigenvalue weighted by Crippen LogP contribution is -2.17. The molecule has 0 aliphatic carbocycles. The van der Waals surface area contributed by atoms with Gasteiger partial charge in [-0.3, -0.25) is 4.79 Å². The Balaban J connectivity index is 2.84. The highest BCUT2D eigenvalue weighted by Crippen LogP contribution is 2.32. The average Bonchev–Trinajstić information content (AvgIpc) is 2.35. The van der Waals surface area contributed by atoms with Gasteiger partial charge in [-0.2, -0.15) is 18.4 Å². The molecule has 0 fully saturated rings. The fourth-order valence-electron chi connectivity index (χ4n) is 1.38. The highest BCUT2D eigenvalue weighted by molar-refractivity contribution is 5.75. The van der Waals surface area contributed by atoms with Gasteiger partial charge in [-0.1, -0.05) is 0 Å². The Labute approximate surface area is 107 Å². The summed E-state index contributed by atoms with van der Waals surface area (Å²) in [6.45, 7) is 1.69. The number of carbonyl (C=O) groups excluding carboxylic acids is 1. The van der Waals surface area contributed by atoms with Crippen molar-refractivity contribution >= 4 is 11.7 Å². The Kier molecular flexibility index (Phi) is 4.75. The van der Waals surface area contributed by atoms with E-state index in [-0.39, 0.29) is 18.8 Å². The number of halogens is 3. The number of ether oxygens (including phenoxy) is 1. The first kappa shape index (κ1) is 14.8. The molecule has 0 heterocycles. The lowest BCUT2D eigenvalue weighted by Gasteiger charge is -2.11. The van der Waals surface area contributed by atoms with Crippen LogP contribution in [0.1, 0.15) is 18.1 Å². The second kappa shape index (κ2) is 6.09. The SMILES string of the molecule is CCOC(=O)CNc1ccc(C(F)(F)F)c(C#N)c1. The minimum atomic E-state index is -4.58. The molecular weight excluding hydrogens is 261 g/mol. The van der Waals surface area contributed by atoms with Crippen LogP contribution in [-0.2, 0) is 15.7 Å². The van der Waals surface area contributed by atoms with E-state index in [4.69, 9.17) is 5.26 Å². The maximum Gasteiger partial charge on any atom is 0.417 e. The van der Waals surface area contributed by atoms with E-state index in [1.807, 2.05) is 0 Å². The number of alkyl halides is 3. The van der Waals surface area contributed by atoms with Gasteiger partial charge in [0.05, 0.1) is 23.8 Å². The number of nitrogens with zero attached hydrogens (tertiary/aromatic N) is 1. The largest absolute Gasteiger partial charge is 0.465 e. The molecule has 0 bridgehead atoms. The molecular formula is C12H11F3N2O2. The van der Waals surface area contributed by atoms with Gasteiger partial charge in [0.1, 0.15) is 6.54 Å². The Morgan fingerprint density at radius 2 is 2.16 bits per heavy atom. The van der Waals surface area contributed by atoms with E-state index in [1.165, 1.54) is 6.07 Å². The van der Waals surface area contributed by atoms with Crippen LogP contribution in [0, 0.1) is 11.3 Å². The maximum absolute atomic E-state index is 12.5. The summed E-state index contributed by atoms with van der Waals surface area (Å²) in [6, 6.07) is 4.48. The lowest BCUT2D eigenvalue weighted by atomic mass is 10.1. The van der Waals surface area contributed by atoms with Gasteiger partial charge >= 0.3 is 12.1 Å². The molecule has 0 saturated carbocycles. The van der Waals surface area contributed by atoms with Crippen LogP contribution >= 0.6 is 0 Å². The first-order valence-corrected chi connectivity index (χ1v) is 5.39. The summed E-state index contributed by atoms with van der Waals surface area (Å²) in [5.74, 6) is -0.527. The lowest BCUT2D eigenvalue weighted by molar-refractivity contribution is -0.141. The van der Waals surface area contributed by atoms with Crippen molar-refractivity contribution < 1.29 is 22.7 Å². The minimum Gasteiger partial charge on any atom is -0.465 e. The quantitative estimate of drug-likeness (QED) is 0.856. The molecule has 0 spiro atoms. The van der Waals surface area contributed by atoms with Gasteiger partial charge < -0.3 is 10.1 Å². The summed E-state index contributed by atoms with van der Waals surface area (Å²) in [6.07, 6.45) is -4.58. The van der Waals surface area contributed by atoms with E-state index in [0.717, 1.165) is 18.2 Å². The number of nitrogens with one attached hydrogen (secondary N) is 1. The number of rotatable bonds is 4. The summed E-state index contributed by atoms with van der Waals surface area (Å²) in [7, 11) is 0. The van der Waals surface area contributed by atoms with Crippen molar-refractivity contribution in [2.75, 3.05) is 18.5 Å². The monoisotopic (exact) mass is 272 g/mol. The fourth-order valence-corrected chi connectivity index (χ4v) is 1.38. The maximum atomic E-state index is 12.5. The topological polar surface area (TPSA) is 62.1 Å². The molecule has 7 heteroatoms. The average molecular weight is 272 g/mol. The molecule has 102 valence electrons. The highest BCUT2D eigenvalue weighted by atomic mass is 19.4. The molecule has 0 unspecified atom stereocenters. The molecule has 4 nitrogen and oxygen atoms in total. The third-order valence-electron chi connectivity index (χ3n) is 2.19. The molecule has 0 aliphatic heterocycles. The Morgan fingerprint density at radius 3 is 2.68 bits per heavy atom. The van der Waals surface area contributed by atoms with Gasteiger partial charge in [0.25, 0.3) is 0 Å². The number of carbonyl (C=O) groups is 1.